The second-order valence-corrected chi connectivity index (χ2v) is 7.32. The van der Waals surface area contributed by atoms with Crippen LogP contribution in [0.1, 0.15) is 32.8 Å². The molecular formula is C23H34O6. The van der Waals surface area contributed by atoms with Crippen molar-refractivity contribution >= 4 is 6.08 Å². The van der Waals surface area contributed by atoms with Gasteiger partial charge >= 0.3 is 0 Å². The molecule has 0 fully saturated rings. The average Bonchev–Trinajstić information content (AvgIpc) is 2.65. The molecule has 2 N–H and O–H groups in total. The molecule has 1 aromatic rings. The van der Waals surface area contributed by atoms with E-state index in [1.807, 2.05) is 31.2 Å². The van der Waals surface area contributed by atoms with Gasteiger partial charge in [-0.05, 0) is 56.5 Å². The Morgan fingerprint density at radius 1 is 1.10 bits per heavy atom. The minimum absolute atomic E-state index is 0.0427. The van der Waals surface area contributed by atoms with Crippen molar-refractivity contribution in [2.75, 3.05) is 41.2 Å². The van der Waals surface area contributed by atoms with Crippen LogP contribution in [-0.2, 0) is 4.74 Å². The highest BCUT2D eigenvalue weighted by molar-refractivity contribution is 5.62. The van der Waals surface area contributed by atoms with Gasteiger partial charge in [0.2, 0.25) is 5.75 Å². The Labute approximate surface area is 174 Å². The fraction of sp³-hybridized carbons (Fsp3) is 0.478. The van der Waals surface area contributed by atoms with Gasteiger partial charge in [-0.1, -0.05) is 23.8 Å². The Morgan fingerprint density at radius 3 is 2.21 bits per heavy atom. The van der Waals surface area contributed by atoms with E-state index in [4.69, 9.17) is 24.1 Å². The minimum atomic E-state index is -0.798. The number of rotatable bonds is 12. The third-order valence-electron chi connectivity index (χ3n) is 3.95. The summed E-state index contributed by atoms with van der Waals surface area (Å²) in [7, 11) is 4.77. The van der Waals surface area contributed by atoms with Crippen LogP contribution in [0.25, 0.3) is 6.08 Å². The summed E-state index contributed by atoms with van der Waals surface area (Å²) in [6.07, 6.45) is 7.89. The SMILES string of the molecule is COCC(=CC(C)=CCOc1c(OC)cc(C=CCO)cc1OC)CC(C)(C)O. The molecule has 1 rings (SSSR count). The molecule has 0 aliphatic carbocycles. The standard InChI is InChI=1S/C23H34O6/c1-17(12-19(16-26-4)15-23(2,3)25)9-11-29-22-20(27-5)13-18(8-7-10-24)14-21(22)28-6/h7-9,12-14,24-25H,10-11,15-16H2,1-6H3. The first kappa shape index (κ1) is 24.8. The molecule has 0 atom stereocenters. The van der Waals surface area contributed by atoms with Crippen LogP contribution >= 0.6 is 0 Å². The van der Waals surface area contributed by atoms with E-state index in [1.165, 1.54) is 0 Å². The summed E-state index contributed by atoms with van der Waals surface area (Å²) in [6.45, 7) is 6.26. The Kier molecular flexibility index (Phi) is 10.5. The lowest BCUT2D eigenvalue weighted by molar-refractivity contribution is 0.0758. The predicted molar refractivity (Wildman–Crippen MR) is 116 cm³/mol. The number of hydrogen-bond acceptors (Lipinski definition) is 6. The van der Waals surface area contributed by atoms with E-state index in [0.717, 1.165) is 16.7 Å². The molecule has 0 heterocycles. The summed E-state index contributed by atoms with van der Waals surface area (Å²) in [5, 5.41) is 19.0. The topological polar surface area (TPSA) is 77.4 Å². The summed E-state index contributed by atoms with van der Waals surface area (Å²) < 4.78 is 22.0. The fourth-order valence-electron chi connectivity index (χ4n) is 2.85. The molecule has 0 aromatic heterocycles. The monoisotopic (exact) mass is 406 g/mol. The molecule has 1 aromatic carbocycles. The third-order valence-corrected chi connectivity index (χ3v) is 3.95. The number of ether oxygens (including phenoxy) is 4. The van der Waals surface area contributed by atoms with E-state index in [2.05, 4.69) is 0 Å². The summed E-state index contributed by atoms with van der Waals surface area (Å²) in [5.74, 6) is 1.61. The van der Waals surface area contributed by atoms with Crippen molar-refractivity contribution in [2.24, 2.45) is 0 Å². The second kappa shape index (κ2) is 12.3. The van der Waals surface area contributed by atoms with E-state index in [1.54, 1.807) is 47.3 Å². The van der Waals surface area contributed by atoms with Crippen LogP contribution in [0.2, 0.25) is 0 Å². The first-order valence-electron chi connectivity index (χ1n) is 9.47. The maximum absolute atomic E-state index is 10.1. The fourth-order valence-corrected chi connectivity index (χ4v) is 2.85. The van der Waals surface area contributed by atoms with Gasteiger partial charge in [0.25, 0.3) is 0 Å². The van der Waals surface area contributed by atoms with Crippen LogP contribution in [0.15, 0.2) is 41.5 Å². The summed E-state index contributed by atoms with van der Waals surface area (Å²) in [4.78, 5) is 0. The lowest BCUT2D eigenvalue weighted by atomic mass is 9.97. The van der Waals surface area contributed by atoms with E-state index < -0.39 is 5.60 Å². The Bertz CT molecular complexity index is 700. The molecular weight excluding hydrogens is 372 g/mol. The van der Waals surface area contributed by atoms with Crippen molar-refractivity contribution in [3.63, 3.8) is 0 Å². The van der Waals surface area contributed by atoms with Gasteiger partial charge in [0.15, 0.2) is 11.5 Å². The second-order valence-electron chi connectivity index (χ2n) is 7.32. The molecule has 0 aliphatic rings. The zero-order valence-electron chi connectivity index (χ0n) is 18.3. The largest absolute Gasteiger partial charge is 0.493 e. The van der Waals surface area contributed by atoms with Crippen LogP contribution in [-0.4, -0.2) is 57.0 Å². The molecule has 0 bridgehead atoms. The van der Waals surface area contributed by atoms with Crippen LogP contribution < -0.4 is 14.2 Å². The van der Waals surface area contributed by atoms with Gasteiger partial charge in [-0.3, -0.25) is 0 Å². The van der Waals surface area contributed by atoms with Gasteiger partial charge in [-0.2, -0.15) is 0 Å². The number of methoxy groups -OCH3 is 3. The summed E-state index contributed by atoms with van der Waals surface area (Å²) in [5.41, 5.74) is 2.05. The number of allylic oxidation sites excluding steroid dienone is 2. The number of benzene rings is 1. The predicted octanol–water partition coefficient (Wildman–Crippen LogP) is 3.77. The summed E-state index contributed by atoms with van der Waals surface area (Å²) in [6, 6.07) is 3.64. The Balaban J connectivity index is 2.98. The van der Waals surface area contributed by atoms with Gasteiger partial charge in [-0.15, -0.1) is 0 Å². The minimum Gasteiger partial charge on any atom is -0.493 e. The van der Waals surface area contributed by atoms with Crippen molar-refractivity contribution in [2.45, 2.75) is 32.8 Å². The van der Waals surface area contributed by atoms with Gasteiger partial charge in [0.1, 0.15) is 6.61 Å². The molecule has 6 heteroatoms. The first-order valence-corrected chi connectivity index (χ1v) is 9.47. The van der Waals surface area contributed by atoms with Gasteiger partial charge in [0.05, 0.1) is 33.0 Å². The van der Waals surface area contributed by atoms with Crippen LogP contribution in [0.3, 0.4) is 0 Å². The van der Waals surface area contributed by atoms with E-state index in [0.29, 0.717) is 36.9 Å². The van der Waals surface area contributed by atoms with Crippen molar-refractivity contribution < 1.29 is 29.2 Å². The van der Waals surface area contributed by atoms with Gasteiger partial charge in [0, 0.05) is 7.11 Å². The zero-order valence-corrected chi connectivity index (χ0v) is 18.3. The van der Waals surface area contributed by atoms with E-state index in [9.17, 15) is 5.11 Å². The Morgan fingerprint density at radius 2 is 1.72 bits per heavy atom. The molecule has 0 saturated heterocycles. The van der Waals surface area contributed by atoms with Crippen molar-refractivity contribution in [1.82, 2.24) is 0 Å². The van der Waals surface area contributed by atoms with Gasteiger partial charge < -0.3 is 29.2 Å². The van der Waals surface area contributed by atoms with Crippen molar-refractivity contribution in [3.05, 3.63) is 47.1 Å². The van der Waals surface area contributed by atoms with E-state index in [-0.39, 0.29) is 6.61 Å². The first-order chi connectivity index (χ1) is 13.7. The number of aliphatic hydroxyl groups excluding tert-OH is 1. The molecule has 0 spiro atoms. The lowest BCUT2D eigenvalue weighted by Crippen LogP contribution is -2.20. The van der Waals surface area contributed by atoms with Crippen molar-refractivity contribution in [1.29, 1.82) is 0 Å². The molecule has 0 radical (unpaired) electrons. The van der Waals surface area contributed by atoms with Crippen LogP contribution in [0.4, 0.5) is 0 Å². The highest BCUT2D eigenvalue weighted by Crippen LogP contribution is 2.39. The third kappa shape index (κ3) is 9.17. The molecule has 0 aliphatic heterocycles. The highest BCUT2D eigenvalue weighted by Gasteiger charge is 2.15. The number of aliphatic hydroxyl groups is 2. The average molecular weight is 407 g/mol. The zero-order chi connectivity index (χ0) is 21.9. The smallest absolute Gasteiger partial charge is 0.203 e. The van der Waals surface area contributed by atoms with Crippen molar-refractivity contribution in [3.8, 4) is 17.2 Å². The molecule has 0 saturated carbocycles. The van der Waals surface area contributed by atoms with E-state index >= 15 is 0 Å². The molecule has 29 heavy (non-hydrogen) atoms. The van der Waals surface area contributed by atoms with Crippen LogP contribution in [0.5, 0.6) is 17.2 Å². The highest BCUT2D eigenvalue weighted by atomic mass is 16.5. The summed E-state index contributed by atoms with van der Waals surface area (Å²) >= 11 is 0. The lowest BCUT2D eigenvalue weighted by Gasteiger charge is -2.19. The van der Waals surface area contributed by atoms with Gasteiger partial charge in [-0.25, -0.2) is 0 Å². The molecule has 6 nitrogen and oxygen atoms in total. The molecule has 0 amide bonds. The molecule has 162 valence electrons. The maximum atomic E-state index is 10.1. The maximum Gasteiger partial charge on any atom is 0.203 e. The molecule has 0 unspecified atom stereocenters. The Hall–Kier alpha value is -2.28. The van der Waals surface area contributed by atoms with Crippen LogP contribution in [0, 0.1) is 0 Å². The quantitative estimate of drug-likeness (QED) is 0.515. The number of hydrogen-bond donors (Lipinski definition) is 2. The normalized spacial score (nSPS) is 13.1.